The molecule has 20 heavy (non-hydrogen) atoms. The Labute approximate surface area is 120 Å². The highest BCUT2D eigenvalue weighted by molar-refractivity contribution is 6.34. The Morgan fingerprint density at radius 2 is 2.20 bits per heavy atom. The van der Waals surface area contributed by atoms with E-state index in [2.05, 4.69) is 10.6 Å². The van der Waals surface area contributed by atoms with Gasteiger partial charge in [0.1, 0.15) is 5.75 Å². The number of carbonyl (C=O) groups is 2. The summed E-state index contributed by atoms with van der Waals surface area (Å²) in [5.41, 5.74) is 6.09. The predicted molar refractivity (Wildman–Crippen MR) is 75.0 cm³/mol. The van der Waals surface area contributed by atoms with Gasteiger partial charge in [0.15, 0.2) is 6.61 Å². The van der Waals surface area contributed by atoms with Gasteiger partial charge in [-0.05, 0) is 25.3 Å². The Balaban J connectivity index is 1.83. The van der Waals surface area contributed by atoms with Crippen molar-refractivity contribution in [2.75, 3.05) is 17.2 Å². The highest BCUT2D eigenvalue weighted by Crippen LogP contribution is 2.37. The molecule has 7 heteroatoms. The Bertz CT molecular complexity index is 599. The highest BCUT2D eigenvalue weighted by atomic mass is 35.5. The first-order chi connectivity index (χ1) is 9.48. The second kappa shape index (κ2) is 4.64. The summed E-state index contributed by atoms with van der Waals surface area (Å²) in [5, 5.41) is 5.70. The van der Waals surface area contributed by atoms with Crippen LogP contribution in [0, 0.1) is 0 Å². The van der Waals surface area contributed by atoms with Gasteiger partial charge in [-0.2, -0.15) is 0 Å². The number of anilines is 2. The lowest BCUT2D eigenvalue weighted by molar-refractivity contribution is -0.124. The molecular formula is C13H14ClN3O3. The molecule has 0 atom stereocenters. The molecule has 106 valence electrons. The highest BCUT2D eigenvalue weighted by Gasteiger charge is 2.40. The Morgan fingerprint density at radius 1 is 1.45 bits per heavy atom. The molecule has 2 aliphatic rings. The normalized spacial score (nSPS) is 19.2. The molecule has 1 fully saturated rings. The number of hydrogen-bond acceptors (Lipinski definition) is 4. The summed E-state index contributed by atoms with van der Waals surface area (Å²) < 4.78 is 5.29. The van der Waals surface area contributed by atoms with Gasteiger partial charge in [0, 0.05) is 6.07 Å². The van der Waals surface area contributed by atoms with Crippen molar-refractivity contribution < 1.29 is 14.3 Å². The lowest BCUT2D eigenvalue weighted by atomic mass is 9.77. The van der Waals surface area contributed by atoms with E-state index in [1.807, 2.05) is 0 Å². The van der Waals surface area contributed by atoms with E-state index in [1.165, 1.54) is 0 Å². The van der Waals surface area contributed by atoms with Crippen LogP contribution in [0.2, 0.25) is 5.02 Å². The van der Waals surface area contributed by atoms with Gasteiger partial charge in [-0.25, -0.2) is 0 Å². The minimum absolute atomic E-state index is 0.0527. The monoisotopic (exact) mass is 295 g/mol. The van der Waals surface area contributed by atoms with Crippen molar-refractivity contribution in [3.63, 3.8) is 0 Å². The number of carbonyl (C=O) groups excluding carboxylic acids is 2. The van der Waals surface area contributed by atoms with E-state index in [9.17, 15) is 9.59 Å². The van der Waals surface area contributed by atoms with Gasteiger partial charge in [0.2, 0.25) is 5.91 Å². The Morgan fingerprint density at radius 3 is 2.85 bits per heavy atom. The van der Waals surface area contributed by atoms with Crippen LogP contribution in [0.25, 0.3) is 0 Å². The molecule has 4 N–H and O–H groups in total. The molecule has 0 saturated heterocycles. The van der Waals surface area contributed by atoms with Crippen molar-refractivity contribution in [1.29, 1.82) is 0 Å². The van der Waals surface area contributed by atoms with E-state index in [1.54, 1.807) is 12.1 Å². The van der Waals surface area contributed by atoms with Crippen molar-refractivity contribution in [3.05, 3.63) is 17.2 Å². The molecule has 1 aromatic carbocycles. The summed E-state index contributed by atoms with van der Waals surface area (Å²) in [6.45, 7) is -0.0527. The van der Waals surface area contributed by atoms with Crippen LogP contribution < -0.4 is 21.1 Å². The third-order valence-corrected chi connectivity index (χ3v) is 3.96. The molecule has 0 radical (unpaired) electrons. The lowest BCUT2D eigenvalue weighted by Gasteiger charge is -2.36. The van der Waals surface area contributed by atoms with Crippen LogP contribution in [0.3, 0.4) is 0 Å². The second-order valence-corrected chi connectivity index (χ2v) is 5.54. The zero-order chi connectivity index (χ0) is 14.3. The third kappa shape index (κ3) is 2.21. The van der Waals surface area contributed by atoms with E-state index >= 15 is 0 Å². The molecule has 1 heterocycles. The fourth-order valence-corrected chi connectivity index (χ4v) is 2.44. The number of fused-ring (bicyclic) bond motifs is 1. The first kappa shape index (κ1) is 13.2. The molecule has 6 nitrogen and oxygen atoms in total. The molecule has 0 unspecified atom stereocenters. The molecule has 0 aromatic heterocycles. The van der Waals surface area contributed by atoms with Gasteiger partial charge in [0.05, 0.1) is 21.9 Å². The van der Waals surface area contributed by atoms with Gasteiger partial charge < -0.3 is 21.1 Å². The molecule has 1 aliphatic carbocycles. The summed E-state index contributed by atoms with van der Waals surface area (Å²) in [7, 11) is 0. The SMILES string of the molecule is NC1(C(=O)Nc2cc3c(cc2Cl)NC(=O)CO3)CCC1. The van der Waals surface area contributed by atoms with E-state index in [0.717, 1.165) is 6.42 Å². The number of nitrogens with one attached hydrogen (secondary N) is 2. The molecular weight excluding hydrogens is 282 g/mol. The third-order valence-electron chi connectivity index (χ3n) is 3.65. The zero-order valence-electron chi connectivity index (χ0n) is 10.7. The maximum absolute atomic E-state index is 12.1. The summed E-state index contributed by atoms with van der Waals surface area (Å²) in [5.74, 6) is -0.00448. The number of benzene rings is 1. The predicted octanol–water partition coefficient (Wildman–Crippen LogP) is 1.49. The average molecular weight is 296 g/mol. The summed E-state index contributed by atoms with van der Waals surface area (Å²) >= 11 is 6.10. The topological polar surface area (TPSA) is 93.5 Å². The van der Waals surface area contributed by atoms with Gasteiger partial charge >= 0.3 is 0 Å². The first-order valence-electron chi connectivity index (χ1n) is 6.34. The molecule has 1 aromatic rings. The number of amides is 2. The first-order valence-corrected chi connectivity index (χ1v) is 6.72. The minimum Gasteiger partial charge on any atom is -0.482 e. The van der Waals surface area contributed by atoms with Crippen LogP contribution in [0.15, 0.2) is 12.1 Å². The van der Waals surface area contributed by atoms with Crippen molar-refractivity contribution in [2.45, 2.75) is 24.8 Å². The van der Waals surface area contributed by atoms with E-state index in [4.69, 9.17) is 22.1 Å². The maximum Gasteiger partial charge on any atom is 0.262 e. The average Bonchev–Trinajstić information content (AvgIpc) is 2.37. The van der Waals surface area contributed by atoms with E-state index in [-0.39, 0.29) is 18.4 Å². The second-order valence-electron chi connectivity index (χ2n) is 5.13. The van der Waals surface area contributed by atoms with E-state index < -0.39 is 5.54 Å². The van der Waals surface area contributed by atoms with Crippen LogP contribution in [0.5, 0.6) is 5.75 Å². The number of halogens is 1. The van der Waals surface area contributed by atoms with Crippen LogP contribution in [0.4, 0.5) is 11.4 Å². The van der Waals surface area contributed by atoms with Crippen molar-refractivity contribution >= 4 is 34.8 Å². The van der Waals surface area contributed by atoms with Gasteiger partial charge in [0.25, 0.3) is 5.91 Å². The Kier molecular flexibility index (Phi) is 3.07. The molecule has 1 aliphatic heterocycles. The molecule has 2 amide bonds. The van der Waals surface area contributed by atoms with Crippen LogP contribution >= 0.6 is 11.6 Å². The number of ether oxygens (including phenoxy) is 1. The molecule has 0 bridgehead atoms. The quantitative estimate of drug-likeness (QED) is 0.770. The van der Waals surface area contributed by atoms with Gasteiger partial charge in [-0.3, -0.25) is 9.59 Å². The molecule has 3 rings (SSSR count). The standard InChI is InChI=1S/C13H14ClN3O3/c14-7-4-9-10(20-6-11(18)16-9)5-8(7)17-12(19)13(15)2-1-3-13/h4-5H,1-3,6,15H2,(H,16,18)(H,17,19). The van der Waals surface area contributed by atoms with Crippen molar-refractivity contribution in [3.8, 4) is 5.75 Å². The van der Waals surface area contributed by atoms with E-state index in [0.29, 0.717) is 35.0 Å². The summed E-state index contributed by atoms with van der Waals surface area (Å²) in [4.78, 5) is 23.3. The Hall–Kier alpha value is -1.79. The smallest absolute Gasteiger partial charge is 0.262 e. The fraction of sp³-hybridized carbons (Fsp3) is 0.385. The summed E-state index contributed by atoms with van der Waals surface area (Å²) in [6.07, 6.45) is 2.30. The maximum atomic E-state index is 12.1. The van der Waals surface area contributed by atoms with Gasteiger partial charge in [-0.15, -0.1) is 0 Å². The van der Waals surface area contributed by atoms with Crippen molar-refractivity contribution in [2.24, 2.45) is 5.73 Å². The lowest BCUT2D eigenvalue weighted by Crippen LogP contribution is -2.56. The number of nitrogens with two attached hydrogens (primary N) is 1. The minimum atomic E-state index is -0.797. The zero-order valence-corrected chi connectivity index (χ0v) is 11.4. The largest absolute Gasteiger partial charge is 0.482 e. The van der Waals surface area contributed by atoms with Crippen molar-refractivity contribution in [1.82, 2.24) is 0 Å². The van der Waals surface area contributed by atoms with Crippen LogP contribution in [-0.4, -0.2) is 24.0 Å². The molecule has 1 saturated carbocycles. The van der Waals surface area contributed by atoms with Crippen LogP contribution in [-0.2, 0) is 9.59 Å². The molecule has 0 spiro atoms. The fourth-order valence-electron chi connectivity index (χ4n) is 2.23. The number of rotatable bonds is 2. The summed E-state index contributed by atoms with van der Waals surface area (Å²) in [6, 6.07) is 3.14. The van der Waals surface area contributed by atoms with Gasteiger partial charge in [-0.1, -0.05) is 11.6 Å². The number of hydrogen-bond donors (Lipinski definition) is 3. The van der Waals surface area contributed by atoms with Crippen LogP contribution in [0.1, 0.15) is 19.3 Å².